The molecule has 3 N–H and O–H groups in total. The minimum atomic E-state index is -0.617. The van der Waals surface area contributed by atoms with Gasteiger partial charge in [-0.3, -0.25) is 4.79 Å². The molecule has 106 valence electrons. The van der Waals surface area contributed by atoms with Gasteiger partial charge >= 0.3 is 0 Å². The number of rotatable bonds is 8. The molecule has 5 heteroatoms. The van der Waals surface area contributed by atoms with Crippen molar-refractivity contribution in [2.75, 3.05) is 26.4 Å². The van der Waals surface area contributed by atoms with Crippen LogP contribution in [0.2, 0.25) is 0 Å². The van der Waals surface area contributed by atoms with Crippen molar-refractivity contribution in [1.82, 2.24) is 5.32 Å². The molecule has 1 heterocycles. The number of carbonyl (C=O) groups is 1. The van der Waals surface area contributed by atoms with Crippen LogP contribution < -0.4 is 11.1 Å². The first-order valence-electron chi connectivity index (χ1n) is 6.83. The van der Waals surface area contributed by atoms with E-state index in [-0.39, 0.29) is 5.91 Å². The quantitative estimate of drug-likeness (QED) is 0.632. The van der Waals surface area contributed by atoms with E-state index in [1.807, 2.05) is 13.8 Å². The molecule has 1 unspecified atom stereocenters. The fourth-order valence-electron chi connectivity index (χ4n) is 2.21. The lowest BCUT2D eigenvalue weighted by molar-refractivity contribution is -0.124. The Kier molecular flexibility index (Phi) is 6.60. The summed E-state index contributed by atoms with van der Waals surface area (Å²) in [5.41, 5.74) is 4.81. The van der Waals surface area contributed by atoms with E-state index in [4.69, 9.17) is 15.2 Å². The van der Waals surface area contributed by atoms with Gasteiger partial charge in [0, 0.05) is 19.8 Å². The average molecular weight is 258 g/mol. The van der Waals surface area contributed by atoms with Crippen molar-refractivity contribution in [2.24, 2.45) is 5.73 Å². The summed E-state index contributed by atoms with van der Waals surface area (Å²) >= 11 is 0. The lowest BCUT2D eigenvalue weighted by Crippen LogP contribution is -2.53. The monoisotopic (exact) mass is 258 g/mol. The van der Waals surface area contributed by atoms with Crippen molar-refractivity contribution in [2.45, 2.75) is 51.2 Å². The molecule has 1 aliphatic heterocycles. The smallest absolute Gasteiger partial charge is 0.237 e. The van der Waals surface area contributed by atoms with Gasteiger partial charge in [-0.05, 0) is 39.2 Å². The minimum Gasteiger partial charge on any atom is -0.381 e. The van der Waals surface area contributed by atoms with E-state index in [1.165, 1.54) is 0 Å². The van der Waals surface area contributed by atoms with Crippen LogP contribution in [-0.4, -0.2) is 43.9 Å². The average Bonchev–Trinajstić information content (AvgIpc) is 2.36. The molecule has 0 aromatic heterocycles. The zero-order chi connectivity index (χ0) is 13.4. The molecule has 1 aliphatic rings. The van der Waals surface area contributed by atoms with Crippen LogP contribution in [0.25, 0.3) is 0 Å². The predicted octanol–water partition coefficient (Wildman–Crippen LogP) is 0.816. The zero-order valence-electron chi connectivity index (χ0n) is 11.5. The van der Waals surface area contributed by atoms with Crippen LogP contribution in [0.4, 0.5) is 0 Å². The van der Waals surface area contributed by atoms with E-state index in [0.29, 0.717) is 19.1 Å². The summed E-state index contributed by atoms with van der Waals surface area (Å²) < 4.78 is 11.0. The number of hydrogen-bond donors (Lipinski definition) is 2. The van der Waals surface area contributed by atoms with Gasteiger partial charge in [-0.15, -0.1) is 0 Å². The standard InChI is InChI=1S/C13H26N2O3/c1-3-15-13(2,12(14)16)7-4-8-18-11-5-9-17-10-6-11/h11,15H,3-10H2,1-2H3,(H2,14,16). The van der Waals surface area contributed by atoms with E-state index in [0.717, 1.165) is 39.0 Å². The Labute approximate surface area is 109 Å². The number of likely N-dealkylation sites (N-methyl/N-ethyl adjacent to an activating group) is 1. The van der Waals surface area contributed by atoms with Gasteiger partial charge in [-0.1, -0.05) is 6.92 Å². The highest BCUT2D eigenvalue weighted by Crippen LogP contribution is 2.14. The summed E-state index contributed by atoms with van der Waals surface area (Å²) in [4.78, 5) is 11.4. The topological polar surface area (TPSA) is 73.6 Å². The van der Waals surface area contributed by atoms with Crippen LogP contribution in [0.3, 0.4) is 0 Å². The number of nitrogens with two attached hydrogens (primary N) is 1. The van der Waals surface area contributed by atoms with Crippen LogP contribution in [-0.2, 0) is 14.3 Å². The molecule has 1 atom stereocenters. The highest BCUT2D eigenvalue weighted by molar-refractivity contribution is 5.84. The molecule has 0 radical (unpaired) electrons. The zero-order valence-corrected chi connectivity index (χ0v) is 11.5. The summed E-state index contributed by atoms with van der Waals surface area (Å²) in [5, 5.41) is 3.15. The molecule has 1 fully saturated rings. The molecule has 1 rings (SSSR count). The van der Waals surface area contributed by atoms with Crippen molar-refractivity contribution in [3.05, 3.63) is 0 Å². The number of hydrogen-bond acceptors (Lipinski definition) is 4. The summed E-state index contributed by atoms with van der Waals surface area (Å²) in [6.45, 7) is 6.83. The first-order chi connectivity index (χ1) is 8.58. The number of ether oxygens (including phenoxy) is 2. The molecule has 0 bridgehead atoms. The Morgan fingerprint density at radius 3 is 2.72 bits per heavy atom. The third-order valence-corrected chi connectivity index (χ3v) is 3.45. The van der Waals surface area contributed by atoms with E-state index in [9.17, 15) is 4.79 Å². The minimum absolute atomic E-state index is 0.296. The Bertz CT molecular complexity index is 255. The maximum atomic E-state index is 11.4. The molecule has 0 aromatic carbocycles. The van der Waals surface area contributed by atoms with Crippen LogP contribution in [0.5, 0.6) is 0 Å². The number of amides is 1. The van der Waals surface area contributed by atoms with Crippen LogP contribution in [0.1, 0.15) is 39.5 Å². The van der Waals surface area contributed by atoms with Crippen molar-refractivity contribution < 1.29 is 14.3 Å². The molecule has 1 amide bonds. The third-order valence-electron chi connectivity index (χ3n) is 3.45. The van der Waals surface area contributed by atoms with E-state index < -0.39 is 5.54 Å². The van der Waals surface area contributed by atoms with Crippen molar-refractivity contribution in [3.8, 4) is 0 Å². The molecular formula is C13H26N2O3. The Morgan fingerprint density at radius 2 is 2.17 bits per heavy atom. The molecule has 0 spiro atoms. The van der Waals surface area contributed by atoms with E-state index >= 15 is 0 Å². The molecule has 0 aromatic rings. The molecular weight excluding hydrogens is 232 g/mol. The van der Waals surface area contributed by atoms with Crippen LogP contribution in [0, 0.1) is 0 Å². The van der Waals surface area contributed by atoms with Gasteiger partial charge in [0.25, 0.3) is 0 Å². The molecule has 1 saturated heterocycles. The van der Waals surface area contributed by atoms with Gasteiger partial charge < -0.3 is 20.5 Å². The van der Waals surface area contributed by atoms with E-state index in [1.54, 1.807) is 0 Å². The van der Waals surface area contributed by atoms with Gasteiger partial charge in [-0.2, -0.15) is 0 Å². The Morgan fingerprint density at radius 1 is 1.50 bits per heavy atom. The molecule has 18 heavy (non-hydrogen) atoms. The highest BCUT2D eigenvalue weighted by Gasteiger charge is 2.29. The van der Waals surface area contributed by atoms with Crippen molar-refractivity contribution >= 4 is 5.91 Å². The third kappa shape index (κ3) is 4.92. The second kappa shape index (κ2) is 7.71. The lowest BCUT2D eigenvalue weighted by Gasteiger charge is -2.28. The number of primary amides is 1. The number of carbonyl (C=O) groups excluding carboxylic acids is 1. The predicted molar refractivity (Wildman–Crippen MR) is 70.3 cm³/mol. The maximum Gasteiger partial charge on any atom is 0.237 e. The second-order valence-electron chi connectivity index (χ2n) is 5.01. The number of nitrogens with one attached hydrogen (secondary N) is 1. The first kappa shape index (κ1) is 15.4. The Hall–Kier alpha value is -0.650. The van der Waals surface area contributed by atoms with Crippen molar-refractivity contribution in [3.63, 3.8) is 0 Å². The lowest BCUT2D eigenvalue weighted by atomic mass is 9.95. The van der Waals surface area contributed by atoms with Gasteiger partial charge in [0.1, 0.15) is 0 Å². The van der Waals surface area contributed by atoms with Crippen LogP contribution in [0.15, 0.2) is 0 Å². The van der Waals surface area contributed by atoms with E-state index in [2.05, 4.69) is 5.32 Å². The second-order valence-corrected chi connectivity index (χ2v) is 5.01. The van der Waals surface area contributed by atoms with Gasteiger partial charge in [0.05, 0.1) is 11.6 Å². The first-order valence-corrected chi connectivity index (χ1v) is 6.83. The van der Waals surface area contributed by atoms with Crippen molar-refractivity contribution in [1.29, 1.82) is 0 Å². The fraction of sp³-hybridized carbons (Fsp3) is 0.923. The summed E-state index contributed by atoms with van der Waals surface area (Å²) in [6, 6.07) is 0. The Balaban J connectivity index is 2.20. The molecule has 5 nitrogen and oxygen atoms in total. The molecule has 0 saturated carbocycles. The van der Waals surface area contributed by atoms with Gasteiger partial charge in [0.2, 0.25) is 5.91 Å². The summed E-state index contributed by atoms with van der Waals surface area (Å²) in [5.74, 6) is -0.296. The SMILES string of the molecule is CCNC(C)(CCCOC1CCOCC1)C(N)=O. The molecule has 0 aliphatic carbocycles. The maximum absolute atomic E-state index is 11.4. The highest BCUT2D eigenvalue weighted by atomic mass is 16.5. The van der Waals surface area contributed by atoms with Gasteiger partial charge in [0.15, 0.2) is 0 Å². The fourth-order valence-corrected chi connectivity index (χ4v) is 2.21. The van der Waals surface area contributed by atoms with Gasteiger partial charge in [-0.25, -0.2) is 0 Å². The van der Waals surface area contributed by atoms with Crippen LogP contribution >= 0.6 is 0 Å². The largest absolute Gasteiger partial charge is 0.381 e. The summed E-state index contributed by atoms with van der Waals surface area (Å²) in [7, 11) is 0. The normalized spacial score (nSPS) is 20.6. The summed E-state index contributed by atoms with van der Waals surface area (Å²) in [6.07, 6.45) is 3.81.